The number of hydrogen-bond donors (Lipinski definition) is 4. The fourth-order valence-electron chi connectivity index (χ4n) is 3.01. The molecule has 0 aromatic heterocycles. The molecule has 164 valence electrons. The van der Waals surface area contributed by atoms with Gasteiger partial charge in [0.1, 0.15) is 5.75 Å². The molecular formula is C22H19N3O5S2. The Morgan fingerprint density at radius 2 is 1.66 bits per heavy atom. The van der Waals surface area contributed by atoms with Crippen LogP contribution in [0.4, 0.5) is 17.1 Å². The molecule has 0 spiro atoms. The molecule has 1 aliphatic heterocycles. The van der Waals surface area contributed by atoms with Crippen molar-refractivity contribution in [1.82, 2.24) is 0 Å². The van der Waals surface area contributed by atoms with Gasteiger partial charge in [-0.25, -0.2) is 8.42 Å². The standard InChI is InChI=1S/C22H19N3O5S2/c1-13-21(27)24-19-12-14(2-11-20(19)31-13)22(28)23-15-5-9-18(10-6-15)32(29,30)25-16-3-7-17(26)8-4-16/h2-13,25-26H,1H3,(H,23,28)(H,24,27)/t13-/m1/s1. The molecule has 1 aliphatic rings. The van der Waals surface area contributed by atoms with Crippen LogP contribution in [0.1, 0.15) is 17.3 Å². The Morgan fingerprint density at radius 1 is 1.00 bits per heavy atom. The van der Waals surface area contributed by atoms with Gasteiger partial charge in [-0.3, -0.25) is 14.3 Å². The van der Waals surface area contributed by atoms with E-state index in [0.29, 0.717) is 22.6 Å². The molecule has 3 aromatic rings. The SMILES string of the molecule is C[C@H]1Sc2ccc(C(=O)Nc3ccc(S(=O)(=O)Nc4ccc(O)cc4)cc3)cc2NC1=O. The zero-order valence-corrected chi connectivity index (χ0v) is 18.5. The van der Waals surface area contributed by atoms with Gasteiger partial charge in [0.25, 0.3) is 15.9 Å². The summed E-state index contributed by atoms with van der Waals surface area (Å²) in [5.74, 6) is -0.469. The van der Waals surface area contributed by atoms with Crippen LogP contribution in [-0.2, 0) is 14.8 Å². The van der Waals surface area contributed by atoms with Crippen molar-refractivity contribution >= 4 is 50.7 Å². The Hall–Kier alpha value is -3.50. The van der Waals surface area contributed by atoms with Crippen LogP contribution in [0.3, 0.4) is 0 Å². The molecule has 2 amide bonds. The molecule has 32 heavy (non-hydrogen) atoms. The molecule has 0 unspecified atom stereocenters. The molecule has 10 heteroatoms. The lowest BCUT2D eigenvalue weighted by atomic mass is 10.1. The zero-order valence-electron chi connectivity index (χ0n) is 16.8. The van der Waals surface area contributed by atoms with Gasteiger partial charge in [0, 0.05) is 21.8 Å². The molecule has 0 radical (unpaired) electrons. The van der Waals surface area contributed by atoms with E-state index in [1.807, 2.05) is 6.92 Å². The third-order valence-corrected chi connectivity index (χ3v) is 7.29. The first-order chi connectivity index (χ1) is 15.2. The average molecular weight is 470 g/mol. The Bertz CT molecular complexity index is 1290. The zero-order chi connectivity index (χ0) is 22.9. The first kappa shape index (κ1) is 21.7. The summed E-state index contributed by atoms with van der Waals surface area (Å²) in [6.07, 6.45) is 0. The van der Waals surface area contributed by atoms with Crippen molar-refractivity contribution in [3.05, 3.63) is 72.3 Å². The molecule has 0 aliphatic carbocycles. The molecule has 8 nitrogen and oxygen atoms in total. The van der Waals surface area contributed by atoms with Gasteiger partial charge in [0.05, 0.1) is 15.8 Å². The molecule has 0 fully saturated rings. The van der Waals surface area contributed by atoms with Crippen LogP contribution >= 0.6 is 11.8 Å². The van der Waals surface area contributed by atoms with Crippen molar-refractivity contribution < 1.29 is 23.1 Å². The smallest absolute Gasteiger partial charge is 0.261 e. The monoisotopic (exact) mass is 469 g/mol. The Morgan fingerprint density at radius 3 is 2.34 bits per heavy atom. The highest BCUT2D eigenvalue weighted by molar-refractivity contribution is 8.01. The predicted octanol–water partition coefficient (Wildman–Crippen LogP) is 3.88. The molecule has 4 rings (SSSR count). The number of carbonyl (C=O) groups excluding carboxylic acids is 2. The van der Waals surface area contributed by atoms with E-state index < -0.39 is 10.0 Å². The largest absolute Gasteiger partial charge is 0.508 e. The van der Waals surface area contributed by atoms with E-state index in [-0.39, 0.29) is 27.7 Å². The number of hydrogen-bond acceptors (Lipinski definition) is 6. The fourth-order valence-corrected chi connectivity index (χ4v) is 5.00. The molecule has 1 atom stereocenters. The highest BCUT2D eigenvalue weighted by Crippen LogP contribution is 2.36. The molecule has 1 heterocycles. The van der Waals surface area contributed by atoms with E-state index in [4.69, 9.17) is 0 Å². The first-order valence-electron chi connectivity index (χ1n) is 9.56. The molecule has 0 saturated heterocycles. The number of carbonyl (C=O) groups is 2. The van der Waals surface area contributed by atoms with Crippen LogP contribution < -0.4 is 15.4 Å². The van der Waals surface area contributed by atoms with Gasteiger partial charge < -0.3 is 15.7 Å². The van der Waals surface area contributed by atoms with Crippen molar-refractivity contribution in [2.75, 3.05) is 15.4 Å². The van der Waals surface area contributed by atoms with Crippen LogP contribution in [0.2, 0.25) is 0 Å². The van der Waals surface area contributed by atoms with E-state index in [1.165, 1.54) is 60.3 Å². The van der Waals surface area contributed by atoms with E-state index in [0.717, 1.165) is 4.90 Å². The summed E-state index contributed by atoms with van der Waals surface area (Å²) in [5, 5.41) is 14.6. The van der Waals surface area contributed by atoms with Gasteiger partial charge in [-0.05, 0) is 73.7 Å². The molecule has 0 bridgehead atoms. The Labute approximate surface area is 189 Å². The maximum Gasteiger partial charge on any atom is 0.261 e. The number of fused-ring (bicyclic) bond motifs is 1. The topological polar surface area (TPSA) is 125 Å². The first-order valence-corrected chi connectivity index (χ1v) is 11.9. The third-order valence-electron chi connectivity index (χ3n) is 4.71. The van der Waals surface area contributed by atoms with Crippen molar-refractivity contribution in [3.63, 3.8) is 0 Å². The fraction of sp³-hybridized carbons (Fsp3) is 0.0909. The average Bonchev–Trinajstić information content (AvgIpc) is 2.76. The number of amides is 2. The van der Waals surface area contributed by atoms with E-state index >= 15 is 0 Å². The molecule has 3 aromatic carbocycles. The lowest BCUT2D eigenvalue weighted by Crippen LogP contribution is -2.26. The van der Waals surface area contributed by atoms with Crippen LogP contribution in [-0.4, -0.2) is 30.6 Å². The third kappa shape index (κ3) is 4.71. The highest BCUT2D eigenvalue weighted by Gasteiger charge is 2.24. The summed E-state index contributed by atoms with van der Waals surface area (Å²) >= 11 is 1.43. The summed E-state index contributed by atoms with van der Waals surface area (Å²) in [4.78, 5) is 25.4. The van der Waals surface area contributed by atoms with Crippen molar-refractivity contribution in [2.45, 2.75) is 22.0 Å². The van der Waals surface area contributed by atoms with Gasteiger partial charge in [0.2, 0.25) is 5.91 Å². The summed E-state index contributed by atoms with van der Waals surface area (Å²) in [6, 6.07) is 16.4. The summed E-state index contributed by atoms with van der Waals surface area (Å²) < 4.78 is 27.5. The van der Waals surface area contributed by atoms with Crippen molar-refractivity contribution in [1.29, 1.82) is 0 Å². The maximum atomic E-state index is 12.6. The number of rotatable bonds is 5. The number of phenols is 1. The van der Waals surface area contributed by atoms with Crippen molar-refractivity contribution in [2.24, 2.45) is 0 Å². The number of thioether (sulfide) groups is 1. The van der Waals surface area contributed by atoms with Gasteiger partial charge >= 0.3 is 0 Å². The minimum absolute atomic E-state index is 0.0196. The second-order valence-electron chi connectivity index (χ2n) is 7.09. The normalized spacial score (nSPS) is 15.4. The summed E-state index contributed by atoms with van der Waals surface area (Å²) in [7, 11) is -3.83. The lowest BCUT2D eigenvalue weighted by molar-refractivity contribution is -0.115. The van der Waals surface area contributed by atoms with E-state index in [2.05, 4.69) is 15.4 Å². The molecule has 0 saturated carbocycles. The van der Waals surface area contributed by atoms with Gasteiger partial charge in [-0.1, -0.05) is 0 Å². The van der Waals surface area contributed by atoms with Crippen LogP contribution in [0.15, 0.2) is 76.5 Å². The Kier molecular flexibility index (Phi) is 5.81. The number of phenolic OH excluding ortho intramolecular Hbond substituents is 1. The summed E-state index contributed by atoms with van der Waals surface area (Å²) in [5.41, 5.74) is 1.69. The molecule has 4 N–H and O–H groups in total. The predicted molar refractivity (Wildman–Crippen MR) is 124 cm³/mol. The van der Waals surface area contributed by atoms with Crippen LogP contribution in [0, 0.1) is 0 Å². The number of benzene rings is 3. The van der Waals surface area contributed by atoms with Crippen LogP contribution in [0.25, 0.3) is 0 Å². The lowest BCUT2D eigenvalue weighted by Gasteiger charge is -2.21. The minimum Gasteiger partial charge on any atom is -0.508 e. The summed E-state index contributed by atoms with van der Waals surface area (Å²) in [6.45, 7) is 1.81. The van der Waals surface area contributed by atoms with Gasteiger partial charge in [-0.15, -0.1) is 11.8 Å². The second-order valence-corrected chi connectivity index (χ2v) is 10.2. The maximum absolute atomic E-state index is 12.6. The van der Waals surface area contributed by atoms with Crippen molar-refractivity contribution in [3.8, 4) is 5.75 Å². The number of anilines is 3. The van der Waals surface area contributed by atoms with Crippen LogP contribution in [0.5, 0.6) is 5.75 Å². The Balaban J connectivity index is 1.45. The minimum atomic E-state index is -3.83. The van der Waals surface area contributed by atoms with Gasteiger partial charge in [0.15, 0.2) is 0 Å². The number of nitrogens with one attached hydrogen (secondary N) is 3. The number of aromatic hydroxyl groups is 1. The molecular weight excluding hydrogens is 450 g/mol. The number of sulfonamides is 1. The van der Waals surface area contributed by atoms with E-state index in [9.17, 15) is 23.1 Å². The van der Waals surface area contributed by atoms with Gasteiger partial charge in [-0.2, -0.15) is 0 Å². The second kappa shape index (κ2) is 8.56. The highest BCUT2D eigenvalue weighted by atomic mass is 32.2. The quantitative estimate of drug-likeness (QED) is 0.421. The van der Waals surface area contributed by atoms with E-state index in [1.54, 1.807) is 18.2 Å².